The molecule has 0 saturated carbocycles. The van der Waals surface area contributed by atoms with Gasteiger partial charge in [0.2, 0.25) is 0 Å². The molecule has 1 aromatic heterocycles. The first-order valence-electron chi connectivity index (χ1n) is 10.0. The summed E-state index contributed by atoms with van der Waals surface area (Å²) in [6.07, 6.45) is 0. The van der Waals surface area contributed by atoms with Crippen molar-refractivity contribution in [3.05, 3.63) is 97.1 Å². The maximum Gasteiger partial charge on any atom is 0.488 e. The Morgan fingerprint density at radius 1 is 0.567 bits per heavy atom. The van der Waals surface area contributed by atoms with E-state index >= 15 is 0 Å². The Balaban J connectivity index is 1.80. The van der Waals surface area contributed by atoms with Crippen molar-refractivity contribution in [2.45, 2.75) is 0 Å². The van der Waals surface area contributed by atoms with Gasteiger partial charge in [-0.15, -0.1) is 0 Å². The molecule has 0 unspecified atom stereocenters. The second-order valence-corrected chi connectivity index (χ2v) is 7.70. The van der Waals surface area contributed by atoms with Crippen LogP contribution in [-0.4, -0.2) is 21.7 Å². The summed E-state index contributed by atoms with van der Waals surface area (Å²) in [5.41, 5.74) is 3.74. The van der Waals surface area contributed by atoms with Crippen LogP contribution in [0.15, 0.2) is 97.1 Å². The van der Waals surface area contributed by atoms with Gasteiger partial charge in [-0.05, 0) is 57.3 Å². The second-order valence-electron chi connectivity index (χ2n) is 7.70. The van der Waals surface area contributed by atoms with E-state index < -0.39 is 7.12 Å². The molecule has 1 heterocycles. The van der Waals surface area contributed by atoms with Crippen LogP contribution in [0.2, 0.25) is 0 Å². The van der Waals surface area contributed by atoms with Gasteiger partial charge < -0.3 is 14.6 Å². The summed E-state index contributed by atoms with van der Waals surface area (Å²) in [5.74, 6) is 0. The monoisotopic (exact) mass is 387 g/mol. The largest absolute Gasteiger partial charge is 0.488 e. The highest BCUT2D eigenvalue weighted by Gasteiger charge is 2.16. The van der Waals surface area contributed by atoms with Crippen molar-refractivity contribution in [3.63, 3.8) is 0 Å². The number of hydrogen-bond acceptors (Lipinski definition) is 2. The number of nitrogens with zero attached hydrogens (tertiary/aromatic N) is 1. The summed E-state index contributed by atoms with van der Waals surface area (Å²) >= 11 is 0. The third kappa shape index (κ3) is 2.48. The molecule has 0 atom stereocenters. The van der Waals surface area contributed by atoms with Crippen molar-refractivity contribution < 1.29 is 10.0 Å². The molecule has 6 aromatic rings. The highest BCUT2D eigenvalue weighted by atomic mass is 16.4. The van der Waals surface area contributed by atoms with E-state index in [1.807, 2.05) is 12.1 Å². The fourth-order valence-electron chi connectivity index (χ4n) is 4.55. The molecule has 2 N–H and O–H groups in total. The number of rotatable bonds is 2. The molecule has 3 nitrogen and oxygen atoms in total. The molecule has 142 valence electrons. The van der Waals surface area contributed by atoms with Crippen LogP contribution in [0.3, 0.4) is 0 Å². The SMILES string of the molecule is OB(O)c1ccc(-n2c3cc4ccccc4cc3c3c4ccccc4ccc32)cc1. The lowest BCUT2D eigenvalue weighted by atomic mass is 9.80. The van der Waals surface area contributed by atoms with Crippen LogP contribution in [0, 0.1) is 0 Å². The van der Waals surface area contributed by atoms with Crippen molar-refractivity contribution in [1.82, 2.24) is 4.57 Å². The van der Waals surface area contributed by atoms with E-state index in [2.05, 4.69) is 77.4 Å². The van der Waals surface area contributed by atoms with E-state index in [0.717, 1.165) is 16.7 Å². The smallest absolute Gasteiger partial charge is 0.423 e. The van der Waals surface area contributed by atoms with Crippen LogP contribution in [0.4, 0.5) is 0 Å². The minimum absolute atomic E-state index is 0.482. The number of fused-ring (bicyclic) bond motifs is 6. The molecule has 5 aromatic carbocycles. The van der Waals surface area contributed by atoms with Gasteiger partial charge in [-0.3, -0.25) is 0 Å². The van der Waals surface area contributed by atoms with Crippen LogP contribution >= 0.6 is 0 Å². The van der Waals surface area contributed by atoms with Gasteiger partial charge in [-0.25, -0.2) is 0 Å². The van der Waals surface area contributed by atoms with Gasteiger partial charge in [0.05, 0.1) is 11.0 Å². The Morgan fingerprint density at radius 2 is 1.23 bits per heavy atom. The summed E-state index contributed by atoms with van der Waals surface area (Å²) < 4.78 is 2.26. The zero-order valence-electron chi connectivity index (χ0n) is 16.2. The Labute approximate surface area is 173 Å². The summed E-state index contributed by atoms with van der Waals surface area (Å²) in [7, 11) is -1.47. The predicted molar refractivity (Wildman–Crippen MR) is 126 cm³/mol. The van der Waals surface area contributed by atoms with E-state index in [4.69, 9.17) is 0 Å². The summed E-state index contributed by atoms with van der Waals surface area (Å²) in [6, 6.07) is 33.2. The van der Waals surface area contributed by atoms with Gasteiger partial charge in [0.1, 0.15) is 0 Å². The molecular weight excluding hydrogens is 369 g/mol. The normalized spacial score (nSPS) is 11.7. The third-order valence-electron chi connectivity index (χ3n) is 5.97. The quantitative estimate of drug-likeness (QED) is 0.421. The molecule has 0 fully saturated rings. The molecule has 0 spiro atoms. The first kappa shape index (κ1) is 17.3. The van der Waals surface area contributed by atoms with Gasteiger partial charge in [0, 0.05) is 16.5 Å². The van der Waals surface area contributed by atoms with Gasteiger partial charge in [-0.1, -0.05) is 66.7 Å². The van der Waals surface area contributed by atoms with E-state index in [-0.39, 0.29) is 0 Å². The van der Waals surface area contributed by atoms with Crippen LogP contribution in [-0.2, 0) is 0 Å². The first-order valence-corrected chi connectivity index (χ1v) is 10.0. The summed E-state index contributed by atoms with van der Waals surface area (Å²) in [4.78, 5) is 0. The first-order chi connectivity index (χ1) is 14.7. The van der Waals surface area contributed by atoms with Crippen molar-refractivity contribution in [1.29, 1.82) is 0 Å². The molecule has 0 saturated heterocycles. The molecule has 0 aliphatic rings. The average Bonchev–Trinajstić information content (AvgIpc) is 3.11. The van der Waals surface area contributed by atoms with Crippen LogP contribution in [0.25, 0.3) is 49.0 Å². The molecule has 4 heteroatoms. The van der Waals surface area contributed by atoms with Crippen molar-refractivity contribution in [3.8, 4) is 5.69 Å². The molecule has 30 heavy (non-hydrogen) atoms. The molecule has 0 bridgehead atoms. The molecular formula is C26H18BNO2. The molecule has 0 radical (unpaired) electrons. The van der Waals surface area contributed by atoms with E-state index in [1.54, 1.807) is 12.1 Å². The lowest BCUT2D eigenvalue weighted by molar-refractivity contribution is 0.426. The fourth-order valence-corrected chi connectivity index (χ4v) is 4.55. The maximum atomic E-state index is 9.47. The number of benzene rings is 5. The average molecular weight is 387 g/mol. The van der Waals surface area contributed by atoms with Crippen molar-refractivity contribution in [2.24, 2.45) is 0 Å². The maximum absolute atomic E-state index is 9.47. The Bertz CT molecular complexity index is 1570. The molecule has 0 aliphatic carbocycles. The minimum Gasteiger partial charge on any atom is -0.423 e. The van der Waals surface area contributed by atoms with Gasteiger partial charge in [0.15, 0.2) is 0 Å². The molecule has 0 aliphatic heterocycles. The molecule has 6 rings (SSSR count). The highest BCUT2D eigenvalue weighted by molar-refractivity contribution is 6.58. The zero-order chi connectivity index (χ0) is 20.2. The van der Waals surface area contributed by atoms with E-state index in [1.165, 1.54) is 32.3 Å². The van der Waals surface area contributed by atoms with Crippen LogP contribution < -0.4 is 5.46 Å². The zero-order valence-corrected chi connectivity index (χ0v) is 16.2. The Hall–Kier alpha value is -3.60. The van der Waals surface area contributed by atoms with Gasteiger partial charge in [-0.2, -0.15) is 0 Å². The van der Waals surface area contributed by atoms with Gasteiger partial charge >= 0.3 is 7.12 Å². The van der Waals surface area contributed by atoms with Gasteiger partial charge in [0.25, 0.3) is 0 Å². The summed E-state index contributed by atoms with van der Waals surface area (Å²) in [6.45, 7) is 0. The lowest BCUT2D eigenvalue weighted by Gasteiger charge is -2.10. The number of hydrogen-bond donors (Lipinski definition) is 2. The van der Waals surface area contributed by atoms with Crippen LogP contribution in [0.1, 0.15) is 0 Å². The van der Waals surface area contributed by atoms with Crippen molar-refractivity contribution in [2.75, 3.05) is 0 Å². The minimum atomic E-state index is -1.47. The molecule has 0 amide bonds. The highest BCUT2D eigenvalue weighted by Crippen LogP contribution is 2.38. The predicted octanol–water partition coefficient (Wildman–Crippen LogP) is 4.77. The van der Waals surface area contributed by atoms with Crippen molar-refractivity contribution >= 4 is 55.9 Å². The third-order valence-corrected chi connectivity index (χ3v) is 5.97. The number of aromatic nitrogens is 1. The summed E-state index contributed by atoms with van der Waals surface area (Å²) in [5, 5.41) is 26.3. The second kappa shape index (κ2) is 6.46. The topological polar surface area (TPSA) is 45.4 Å². The Kier molecular flexibility index (Phi) is 3.72. The standard InChI is InChI=1S/C26H18BNO2/c29-27(30)20-10-12-21(13-11-20)28-24-14-9-17-5-3-4-8-22(17)26(24)23-15-18-6-1-2-7-19(18)16-25(23)28/h1-16,29-30H. The lowest BCUT2D eigenvalue weighted by Crippen LogP contribution is -2.29. The fraction of sp³-hybridized carbons (Fsp3) is 0. The Morgan fingerprint density at radius 3 is 1.97 bits per heavy atom. The van der Waals surface area contributed by atoms with E-state index in [0.29, 0.717) is 5.46 Å². The van der Waals surface area contributed by atoms with E-state index in [9.17, 15) is 10.0 Å². The van der Waals surface area contributed by atoms with Crippen LogP contribution in [0.5, 0.6) is 0 Å².